The smallest absolute Gasteiger partial charge is 0.331 e. The fraction of sp³-hybridized carbons (Fsp3) is 0.483. The Balaban J connectivity index is 1.62. The lowest BCUT2D eigenvalue weighted by Crippen LogP contribution is -2.43. The van der Waals surface area contributed by atoms with Gasteiger partial charge in [0.05, 0.1) is 12.0 Å². The number of unbranched alkanes of at least 4 members (excludes halogenated alkanes) is 1. The van der Waals surface area contributed by atoms with Crippen LogP contribution in [0.5, 0.6) is 5.75 Å². The highest BCUT2D eigenvalue weighted by Gasteiger charge is 2.43. The summed E-state index contributed by atoms with van der Waals surface area (Å²) in [6, 6.07) is 14.3. The van der Waals surface area contributed by atoms with Gasteiger partial charge in [-0.1, -0.05) is 42.5 Å². The highest BCUT2D eigenvalue weighted by molar-refractivity contribution is 7.58. The summed E-state index contributed by atoms with van der Waals surface area (Å²) in [7, 11) is -3.84. The molecule has 1 aliphatic heterocycles. The molecule has 40 heavy (non-hydrogen) atoms. The predicted octanol–water partition coefficient (Wildman–Crippen LogP) is 4.56. The van der Waals surface area contributed by atoms with Crippen LogP contribution >= 0.6 is 7.37 Å². The fourth-order valence-electron chi connectivity index (χ4n) is 4.27. The Kier molecular flexibility index (Phi) is 10.9. The van der Waals surface area contributed by atoms with Crippen molar-refractivity contribution in [2.24, 2.45) is 5.41 Å². The monoisotopic (exact) mass is 577 g/mol. The summed E-state index contributed by atoms with van der Waals surface area (Å²) in [5.41, 5.74) is 0.322. The molecule has 2 aromatic carbocycles. The lowest BCUT2D eigenvalue weighted by molar-refractivity contribution is -0.176. The van der Waals surface area contributed by atoms with Crippen molar-refractivity contribution in [3.63, 3.8) is 0 Å². The molecule has 3 rings (SSSR count). The van der Waals surface area contributed by atoms with Crippen molar-refractivity contribution in [1.29, 1.82) is 0 Å². The SMILES string of the molecule is CC(C)(C)C(=O)OCOC(=O)[C@@H]1C[C@H](Oc2ccccc2F)CN1C(=O)CP(=O)(O)CCCCc1ccccc1. The average molecular weight is 578 g/mol. The summed E-state index contributed by atoms with van der Waals surface area (Å²) in [5.74, 6) is -2.78. The van der Waals surface area contributed by atoms with E-state index < -0.39 is 61.5 Å². The standard InChI is InChI=1S/C29H37FNO8P/c1-29(2,3)28(34)38-20-37-27(33)24-17-22(39-25-15-8-7-14-23(25)30)18-31(24)26(32)19-40(35,36)16-10-9-13-21-11-5-4-6-12-21/h4-8,11-12,14-15,22,24H,9-10,13,16-20H2,1-3H3,(H,35,36)/t22-,24-/m0/s1. The maximum atomic E-state index is 14.2. The summed E-state index contributed by atoms with van der Waals surface area (Å²) in [6.45, 7) is 4.19. The minimum atomic E-state index is -3.84. The quantitative estimate of drug-likeness (QED) is 0.169. The van der Waals surface area contributed by atoms with Crippen molar-refractivity contribution < 1.29 is 42.4 Å². The van der Waals surface area contributed by atoms with Gasteiger partial charge in [0.25, 0.3) is 0 Å². The summed E-state index contributed by atoms with van der Waals surface area (Å²) < 4.78 is 42.8. The zero-order valence-electron chi connectivity index (χ0n) is 23.1. The maximum Gasteiger partial charge on any atom is 0.331 e. The Hall–Kier alpha value is -3.23. The van der Waals surface area contributed by atoms with E-state index in [9.17, 15) is 28.2 Å². The van der Waals surface area contributed by atoms with E-state index >= 15 is 0 Å². The number of para-hydroxylation sites is 1. The predicted molar refractivity (Wildman–Crippen MR) is 146 cm³/mol. The number of amides is 1. The molecule has 1 unspecified atom stereocenters. The Bertz CT molecular complexity index is 1220. The van der Waals surface area contributed by atoms with Gasteiger partial charge >= 0.3 is 11.9 Å². The van der Waals surface area contributed by atoms with Gasteiger partial charge in [-0.05, 0) is 57.7 Å². The largest absolute Gasteiger partial charge is 0.485 e. The number of carbonyl (C=O) groups is 3. The van der Waals surface area contributed by atoms with E-state index in [-0.39, 0.29) is 24.9 Å². The van der Waals surface area contributed by atoms with Gasteiger partial charge in [0, 0.05) is 12.6 Å². The number of rotatable bonds is 12. The molecule has 1 heterocycles. The van der Waals surface area contributed by atoms with Crippen LogP contribution in [0.1, 0.15) is 45.6 Å². The molecule has 1 fully saturated rings. The minimum absolute atomic E-state index is 0.0288. The molecule has 1 saturated heterocycles. The van der Waals surface area contributed by atoms with Crippen LogP contribution in [0, 0.1) is 11.2 Å². The second-order valence-electron chi connectivity index (χ2n) is 10.9. The van der Waals surface area contributed by atoms with Crippen molar-refractivity contribution >= 4 is 25.2 Å². The van der Waals surface area contributed by atoms with Crippen LogP contribution in [0.15, 0.2) is 54.6 Å². The zero-order valence-corrected chi connectivity index (χ0v) is 24.0. The van der Waals surface area contributed by atoms with E-state index in [1.54, 1.807) is 26.8 Å². The van der Waals surface area contributed by atoms with Crippen LogP contribution in [0.2, 0.25) is 0 Å². The van der Waals surface area contributed by atoms with Crippen LogP contribution in [0.25, 0.3) is 0 Å². The Morgan fingerprint density at radius 1 is 1.02 bits per heavy atom. The number of hydrogen-bond acceptors (Lipinski definition) is 7. The zero-order chi connectivity index (χ0) is 29.3. The number of halogens is 1. The van der Waals surface area contributed by atoms with Crippen molar-refractivity contribution in [2.75, 3.05) is 25.7 Å². The first-order chi connectivity index (χ1) is 18.9. The van der Waals surface area contributed by atoms with Crippen LogP contribution in [0.4, 0.5) is 4.39 Å². The van der Waals surface area contributed by atoms with Crippen molar-refractivity contribution in [1.82, 2.24) is 4.90 Å². The molecule has 0 saturated carbocycles. The number of nitrogens with zero attached hydrogens (tertiary/aromatic N) is 1. The van der Waals surface area contributed by atoms with Gasteiger partial charge in [-0.2, -0.15) is 0 Å². The second-order valence-corrected chi connectivity index (χ2v) is 13.4. The second kappa shape index (κ2) is 13.9. The van der Waals surface area contributed by atoms with Gasteiger partial charge in [-0.15, -0.1) is 0 Å². The molecule has 9 nitrogen and oxygen atoms in total. The molecule has 0 spiro atoms. The maximum absolute atomic E-state index is 14.2. The van der Waals surface area contributed by atoms with E-state index in [0.29, 0.717) is 12.8 Å². The third kappa shape index (κ3) is 9.45. The molecule has 0 bridgehead atoms. The third-order valence-electron chi connectivity index (χ3n) is 6.44. The number of hydrogen-bond donors (Lipinski definition) is 1. The molecule has 1 amide bonds. The van der Waals surface area contributed by atoms with Crippen LogP contribution in [-0.4, -0.2) is 65.4 Å². The van der Waals surface area contributed by atoms with Gasteiger partial charge in [0.15, 0.2) is 11.6 Å². The van der Waals surface area contributed by atoms with Gasteiger partial charge in [-0.3, -0.25) is 14.2 Å². The van der Waals surface area contributed by atoms with Gasteiger partial charge in [0.2, 0.25) is 20.1 Å². The third-order valence-corrected chi connectivity index (χ3v) is 8.22. The highest BCUT2D eigenvalue weighted by atomic mass is 31.2. The Morgan fingerprint density at radius 3 is 2.38 bits per heavy atom. The Morgan fingerprint density at radius 2 is 1.70 bits per heavy atom. The molecule has 0 aliphatic carbocycles. The van der Waals surface area contributed by atoms with Crippen molar-refractivity contribution in [2.45, 2.75) is 58.6 Å². The number of carbonyl (C=O) groups excluding carboxylic acids is 3. The van der Waals surface area contributed by atoms with Gasteiger partial charge in [-0.25, -0.2) is 9.18 Å². The number of likely N-dealkylation sites (tertiary alicyclic amines) is 1. The fourth-order valence-corrected chi connectivity index (χ4v) is 5.75. The van der Waals surface area contributed by atoms with Crippen LogP contribution in [0.3, 0.4) is 0 Å². The van der Waals surface area contributed by atoms with Crippen LogP contribution < -0.4 is 4.74 Å². The van der Waals surface area contributed by atoms with E-state index in [2.05, 4.69) is 0 Å². The van der Waals surface area contributed by atoms with Crippen LogP contribution in [-0.2, 0) is 34.8 Å². The van der Waals surface area contributed by atoms with E-state index in [0.717, 1.165) is 16.9 Å². The molecule has 1 N–H and O–H groups in total. The van der Waals surface area contributed by atoms with Gasteiger partial charge < -0.3 is 24.0 Å². The molecule has 3 atom stereocenters. The molecule has 11 heteroatoms. The summed E-state index contributed by atoms with van der Waals surface area (Å²) >= 11 is 0. The molecule has 218 valence electrons. The topological polar surface area (TPSA) is 119 Å². The Labute approximate surface area is 234 Å². The molecular weight excluding hydrogens is 540 g/mol. The van der Waals surface area contributed by atoms with Gasteiger partial charge in [0.1, 0.15) is 18.3 Å². The van der Waals surface area contributed by atoms with E-state index in [1.165, 1.54) is 18.2 Å². The number of benzene rings is 2. The van der Waals surface area contributed by atoms with Crippen molar-refractivity contribution in [3.8, 4) is 5.75 Å². The molecule has 2 aromatic rings. The first-order valence-corrected chi connectivity index (χ1v) is 15.3. The summed E-state index contributed by atoms with van der Waals surface area (Å²) in [4.78, 5) is 49.7. The van der Waals surface area contributed by atoms with E-state index in [4.69, 9.17) is 14.2 Å². The molecule has 0 aromatic heterocycles. The average Bonchev–Trinajstić information content (AvgIpc) is 3.32. The minimum Gasteiger partial charge on any atom is -0.485 e. The number of aryl methyl sites for hydroxylation is 1. The highest BCUT2D eigenvalue weighted by Crippen LogP contribution is 2.42. The van der Waals surface area contributed by atoms with Crippen molar-refractivity contribution in [3.05, 3.63) is 66.0 Å². The number of esters is 2. The molecule has 1 aliphatic rings. The molecule has 0 radical (unpaired) electrons. The number of ether oxygens (including phenoxy) is 3. The summed E-state index contributed by atoms with van der Waals surface area (Å²) in [6.07, 6.45) is 0.426. The molecular formula is C29H37FNO8P. The first kappa shape index (κ1) is 31.3. The lowest BCUT2D eigenvalue weighted by Gasteiger charge is -2.24. The lowest BCUT2D eigenvalue weighted by atomic mass is 9.98. The normalized spacial score (nSPS) is 18.6. The summed E-state index contributed by atoms with van der Waals surface area (Å²) in [5, 5.41) is 0. The first-order valence-electron chi connectivity index (χ1n) is 13.2. The van der Waals surface area contributed by atoms with E-state index in [1.807, 2.05) is 30.3 Å².